The highest BCUT2D eigenvalue weighted by Gasteiger charge is 2.24. The van der Waals surface area contributed by atoms with Crippen LogP contribution in [0.1, 0.15) is 25.8 Å². The Labute approximate surface area is 134 Å². The monoisotopic (exact) mass is 309 g/mol. The van der Waals surface area contributed by atoms with Crippen molar-refractivity contribution in [1.82, 2.24) is 10.2 Å². The maximum atomic E-state index is 6.44. The second-order valence-corrected chi connectivity index (χ2v) is 7.06. The van der Waals surface area contributed by atoms with Gasteiger partial charge in [-0.05, 0) is 50.7 Å². The van der Waals surface area contributed by atoms with Crippen LogP contribution in [0.15, 0.2) is 18.2 Å². The minimum Gasteiger partial charge on any atom is -0.370 e. The van der Waals surface area contributed by atoms with Crippen LogP contribution in [-0.2, 0) is 6.54 Å². The molecule has 0 bridgehead atoms. The summed E-state index contributed by atoms with van der Waals surface area (Å²) in [7, 11) is 4.31. The van der Waals surface area contributed by atoms with Crippen LogP contribution in [0.3, 0.4) is 0 Å². The van der Waals surface area contributed by atoms with E-state index in [9.17, 15) is 0 Å². The summed E-state index contributed by atoms with van der Waals surface area (Å²) in [5, 5.41) is 4.32. The minimum absolute atomic E-state index is 0.649. The third kappa shape index (κ3) is 4.60. The Morgan fingerprint density at radius 3 is 2.71 bits per heavy atom. The highest BCUT2D eigenvalue weighted by molar-refractivity contribution is 6.31. The first-order valence-corrected chi connectivity index (χ1v) is 8.25. The topological polar surface area (TPSA) is 18.5 Å². The summed E-state index contributed by atoms with van der Waals surface area (Å²) in [6, 6.07) is 7.13. The number of nitrogens with one attached hydrogen (secondary N) is 1. The number of hydrogen-bond acceptors (Lipinski definition) is 3. The van der Waals surface area contributed by atoms with Crippen molar-refractivity contribution < 1.29 is 0 Å². The molecule has 1 heterocycles. The minimum atomic E-state index is 0.649. The second kappa shape index (κ2) is 7.48. The van der Waals surface area contributed by atoms with Crippen LogP contribution in [0.2, 0.25) is 5.02 Å². The first kappa shape index (κ1) is 16.6. The third-order valence-electron chi connectivity index (χ3n) is 4.16. The first-order valence-electron chi connectivity index (χ1n) is 7.88. The molecule has 1 N–H and O–H groups in total. The van der Waals surface area contributed by atoms with Crippen LogP contribution in [0.5, 0.6) is 0 Å². The molecule has 2 rings (SSSR count). The number of benzene rings is 1. The molecule has 0 aliphatic carbocycles. The largest absolute Gasteiger partial charge is 0.370 e. The van der Waals surface area contributed by atoms with Crippen molar-refractivity contribution in [1.29, 1.82) is 0 Å². The second-order valence-electron chi connectivity index (χ2n) is 6.65. The summed E-state index contributed by atoms with van der Waals surface area (Å²) in [6.07, 6.45) is 1.22. The van der Waals surface area contributed by atoms with Crippen molar-refractivity contribution in [2.24, 2.45) is 5.92 Å². The lowest BCUT2D eigenvalue weighted by atomic mass is 10.1. The van der Waals surface area contributed by atoms with E-state index < -0.39 is 0 Å². The predicted molar refractivity (Wildman–Crippen MR) is 92.3 cm³/mol. The summed E-state index contributed by atoms with van der Waals surface area (Å²) in [5.41, 5.74) is 2.43. The summed E-state index contributed by atoms with van der Waals surface area (Å²) in [4.78, 5) is 4.74. The lowest BCUT2D eigenvalue weighted by molar-refractivity contribution is 0.315. The Bertz CT molecular complexity index is 459. The van der Waals surface area contributed by atoms with Crippen LogP contribution < -0.4 is 10.2 Å². The molecular weight excluding hydrogens is 282 g/mol. The Balaban J connectivity index is 1.96. The highest BCUT2D eigenvalue weighted by atomic mass is 35.5. The SMILES string of the molecule is CC(C)CNCc1ccc(N2CCC(N(C)C)C2)cc1Cl. The van der Waals surface area contributed by atoms with Crippen molar-refractivity contribution in [3.63, 3.8) is 0 Å². The fourth-order valence-corrected chi connectivity index (χ4v) is 3.01. The molecule has 0 amide bonds. The molecule has 118 valence electrons. The van der Waals surface area contributed by atoms with Gasteiger partial charge in [0.05, 0.1) is 0 Å². The van der Waals surface area contributed by atoms with Gasteiger partial charge in [0.25, 0.3) is 0 Å². The van der Waals surface area contributed by atoms with Crippen LogP contribution >= 0.6 is 11.6 Å². The Morgan fingerprint density at radius 2 is 2.14 bits per heavy atom. The van der Waals surface area contributed by atoms with Crippen LogP contribution in [0, 0.1) is 5.92 Å². The van der Waals surface area contributed by atoms with E-state index in [1.165, 1.54) is 17.7 Å². The molecule has 3 nitrogen and oxygen atoms in total. The van der Waals surface area contributed by atoms with E-state index in [1.54, 1.807) is 0 Å². The Kier molecular flexibility index (Phi) is 5.91. The number of likely N-dealkylation sites (N-methyl/N-ethyl adjacent to an activating group) is 1. The molecule has 1 unspecified atom stereocenters. The molecule has 1 aromatic rings. The quantitative estimate of drug-likeness (QED) is 0.870. The van der Waals surface area contributed by atoms with Gasteiger partial charge in [0.15, 0.2) is 0 Å². The fourth-order valence-electron chi connectivity index (χ4n) is 2.77. The van der Waals surface area contributed by atoms with Gasteiger partial charge in [0.2, 0.25) is 0 Å². The molecule has 0 aromatic heterocycles. The lowest BCUT2D eigenvalue weighted by Crippen LogP contribution is -2.31. The maximum absolute atomic E-state index is 6.44. The van der Waals surface area contributed by atoms with Gasteiger partial charge in [-0.25, -0.2) is 0 Å². The molecular formula is C17H28ClN3. The molecule has 0 spiro atoms. The average Bonchev–Trinajstić information content (AvgIpc) is 2.90. The zero-order chi connectivity index (χ0) is 15.4. The number of hydrogen-bond donors (Lipinski definition) is 1. The molecule has 1 fully saturated rings. The van der Waals surface area contributed by atoms with Gasteiger partial charge in [0, 0.05) is 36.4 Å². The van der Waals surface area contributed by atoms with E-state index in [2.05, 4.69) is 61.3 Å². The number of halogens is 1. The molecule has 1 aliphatic heterocycles. The number of rotatable bonds is 6. The van der Waals surface area contributed by atoms with Crippen molar-refractivity contribution in [3.8, 4) is 0 Å². The van der Waals surface area contributed by atoms with Crippen molar-refractivity contribution >= 4 is 17.3 Å². The Morgan fingerprint density at radius 1 is 1.38 bits per heavy atom. The van der Waals surface area contributed by atoms with Gasteiger partial charge >= 0.3 is 0 Å². The Hall–Kier alpha value is -0.770. The smallest absolute Gasteiger partial charge is 0.0471 e. The molecule has 21 heavy (non-hydrogen) atoms. The lowest BCUT2D eigenvalue weighted by Gasteiger charge is -2.22. The van der Waals surface area contributed by atoms with Gasteiger partial charge in [-0.2, -0.15) is 0 Å². The van der Waals surface area contributed by atoms with Gasteiger partial charge in [-0.3, -0.25) is 0 Å². The molecule has 1 aliphatic rings. The van der Waals surface area contributed by atoms with E-state index in [-0.39, 0.29) is 0 Å². The summed E-state index contributed by atoms with van der Waals surface area (Å²) < 4.78 is 0. The summed E-state index contributed by atoms with van der Waals surface area (Å²) >= 11 is 6.44. The fraction of sp³-hybridized carbons (Fsp3) is 0.647. The van der Waals surface area contributed by atoms with Gasteiger partial charge in [-0.1, -0.05) is 31.5 Å². The average molecular weight is 310 g/mol. The van der Waals surface area contributed by atoms with Gasteiger partial charge in [-0.15, -0.1) is 0 Å². The molecule has 1 aromatic carbocycles. The number of anilines is 1. The van der Waals surface area contributed by atoms with Crippen molar-refractivity contribution in [3.05, 3.63) is 28.8 Å². The predicted octanol–water partition coefficient (Wildman–Crippen LogP) is 3.23. The zero-order valence-corrected chi connectivity index (χ0v) is 14.5. The van der Waals surface area contributed by atoms with Crippen LogP contribution in [-0.4, -0.2) is 44.7 Å². The maximum Gasteiger partial charge on any atom is 0.0471 e. The molecule has 0 radical (unpaired) electrons. The highest BCUT2D eigenvalue weighted by Crippen LogP contribution is 2.27. The zero-order valence-electron chi connectivity index (χ0n) is 13.7. The van der Waals surface area contributed by atoms with Crippen LogP contribution in [0.4, 0.5) is 5.69 Å². The third-order valence-corrected chi connectivity index (χ3v) is 4.52. The molecule has 1 saturated heterocycles. The normalized spacial score (nSPS) is 19.0. The first-order chi connectivity index (χ1) is 9.97. The van der Waals surface area contributed by atoms with Crippen molar-refractivity contribution in [2.45, 2.75) is 32.9 Å². The van der Waals surface area contributed by atoms with E-state index in [0.717, 1.165) is 31.2 Å². The van der Waals surface area contributed by atoms with E-state index >= 15 is 0 Å². The van der Waals surface area contributed by atoms with Crippen molar-refractivity contribution in [2.75, 3.05) is 38.6 Å². The molecule has 0 saturated carbocycles. The summed E-state index contributed by atoms with van der Waals surface area (Å²) in [6.45, 7) is 8.50. The van der Waals surface area contributed by atoms with Gasteiger partial charge in [0.1, 0.15) is 0 Å². The van der Waals surface area contributed by atoms with Crippen LogP contribution in [0.25, 0.3) is 0 Å². The number of nitrogens with zero attached hydrogens (tertiary/aromatic N) is 2. The van der Waals surface area contributed by atoms with E-state index in [1.807, 2.05) is 0 Å². The standard InChI is InChI=1S/C17H28ClN3/c1-13(2)10-19-11-14-5-6-15(9-17(14)18)21-8-7-16(12-21)20(3)4/h5-6,9,13,16,19H,7-8,10-12H2,1-4H3. The van der Waals surface area contributed by atoms with Gasteiger partial charge < -0.3 is 15.1 Å². The van der Waals surface area contributed by atoms with E-state index in [0.29, 0.717) is 12.0 Å². The van der Waals surface area contributed by atoms with E-state index in [4.69, 9.17) is 11.6 Å². The summed E-state index contributed by atoms with van der Waals surface area (Å²) in [5.74, 6) is 0.663. The molecule has 4 heteroatoms. The molecule has 1 atom stereocenters.